The monoisotopic (exact) mass is 283 g/mol. The van der Waals surface area contributed by atoms with Gasteiger partial charge in [-0.1, -0.05) is 6.07 Å². The van der Waals surface area contributed by atoms with Gasteiger partial charge in [-0.3, -0.25) is 4.31 Å². The number of hydrogen-bond donors (Lipinski definition) is 1. The van der Waals surface area contributed by atoms with E-state index in [0.29, 0.717) is 50.6 Å². The molecule has 0 amide bonds. The van der Waals surface area contributed by atoms with E-state index in [1.54, 1.807) is 6.07 Å². The predicted molar refractivity (Wildman–Crippen MR) is 73.2 cm³/mol. The molecule has 0 unspecified atom stereocenters. The fourth-order valence-electron chi connectivity index (χ4n) is 2.59. The van der Waals surface area contributed by atoms with E-state index in [2.05, 4.69) is 0 Å². The summed E-state index contributed by atoms with van der Waals surface area (Å²) in [5.41, 5.74) is 8.21. The van der Waals surface area contributed by atoms with Crippen molar-refractivity contribution < 1.29 is 13.2 Å². The zero-order valence-corrected chi connectivity index (χ0v) is 11.4. The molecule has 1 aromatic carbocycles. The second-order valence-electron chi connectivity index (χ2n) is 4.69. The summed E-state index contributed by atoms with van der Waals surface area (Å²) in [5.74, 6) is 0. The highest BCUT2D eigenvalue weighted by atomic mass is 32.2. The van der Waals surface area contributed by atoms with Crippen molar-refractivity contribution >= 4 is 21.6 Å². The first-order valence-electron chi connectivity index (χ1n) is 6.33. The maximum atomic E-state index is 12.6. The van der Waals surface area contributed by atoms with Crippen molar-refractivity contribution in [2.45, 2.75) is 6.42 Å². The molecule has 2 heterocycles. The van der Waals surface area contributed by atoms with Gasteiger partial charge < -0.3 is 10.5 Å². The molecule has 104 valence electrons. The van der Waals surface area contributed by atoms with Crippen molar-refractivity contribution in [2.24, 2.45) is 0 Å². The summed E-state index contributed by atoms with van der Waals surface area (Å²) in [5, 5.41) is 0. The third kappa shape index (κ3) is 2.07. The number of morpholine rings is 1. The lowest BCUT2D eigenvalue weighted by atomic mass is 10.1. The van der Waals surface area contributed by atoms with E-state index in [1.165, 1.54) is 8.61 Å². The van der Waals surface area contributed by atoms with Gasteiger partial charge in [0, 0.05) is 30.9 Å². The second-order valence-corrected chi connectivity index (χ2v) is 6.54. The number of ether oxygens (including phenoxy) is 1. The molecule has 0 aromatic heterocycles. The number of rotatable bonds is 2. The van der Waals surface area contributed by atoms with E-state index in [0.717, 1.165) is 5.56 Å². The first kappa shape index (κ1) is 12.7. The standard InChI is InChI=1S/C12H17N3O3S/c13-11-2-1-3-12-10(11)4-5-15(12)19(16,17)14-6-8-18-9-7-14/h1-3H,4-9,13H2. The molecule has 0 spiro atoms. The molecule has 1 fully saturated rings. The summed E-state index contributed by atoms with van der Waals surface area (Å²) in [7, 11) is -3.46. The van der Waals surface area contributed by atoms with Gasteiger partial charge in [0.25, 0.3) is 0 Å². The van der Waals surface area contributed by atoms with Gasteiger partial charge in [-0.2, -0.15) is 12.7 Å². The summed E-state index contributed by atoms with van der Waals surface area (Å²) in [4.78, 5) is 0. The molecule has 1 saturated heterocycles. The Balaban J connectivity index is 1.94. The Kier molecular flexibility index (Phi) is 3.12. The number of anilines is 2. The first-order valence-corrected chi connectivity index (χ1v) is 7.73. The van der Waals surface area contributed by atoms with Crippen LogP contribution >= 0.6 is 0 Å². The van der Waals surface area contributed by atoms with E-state index in [-0.39, 0.29) is 0 Å². The molecule has 0 radical (unpaired) electrons. The summed E-state index contributed by atoms with van der Waals surface area (Å²) in [6.07, 6.45) is 0.672. The predicted octanol–water partition coefficient (Wildman–Crippen LogP) is 0.208. The minimum absolute atomic E-state index is 0.413. The lowest BCUT2D eigenvalue weighted by Gasteiger charge is -2.31. The zero-order valence-electron chi connectivity index (χ0n) is 10.6. The number of benzene rings is 1. The average Bonchev–Trinajstić information content (AvgIpc) is 2.86. The molecule has 0 saturated carbocycles. The Morgan fingerprint density at radius 3 is 2.63 bits per heavy atom. The van der Waals surface area contributed by atoms with Crippen LogP contribution in [0.1, 0.15) is 5.56 Å². The van der Waals surface area contributed by atoms with Crippen LogP contribution in [0, 0.1) is 0 Å². The highest BCUT2D eigenvalue weighted by Crippen LogP contribution is 2.34. The molecule has 3 rings (SSSR count). The van der Waals surface area contributed by atoms with Crippen molar-refractivity contribution in [1.82, 2.24) is 4.31 Å². The minimum atomic E-state index is -3.46. The zero-order chi connectivity index (χ0) is 13.5. The average molecular weight is 283 g/mol. The highest BCUT2D eigenvalue weighted by Gasteiger charge is 2.35. The van der Waals surface area contributed by atoms with E-state index in [4.69, 9.17) is 10.5 Å². The number of fused-ring (bicyclic) bond motifs is 1. The van der Waals surface area contributed by atoms with Crippen molar-refractivity contribution in [1.29, 1.82) is 0 Å². The molecule has 2 aliphatic rings. The maximum absolute atomic E-state index is 12.6. The van der Waals surface area contributed by atoms with Crippen molar-refractivity contribution in [3.8, 4) is 0 Å². The van der Waals surface area contributed by atoms with Gasteiger partial charge in [0.05, 0.1) is 18.9 Å². The normalized spacial score (nSPS) is 20.5. The fourth-order valence-corrected chi connectivity index (χ4v) is 4.22. The first-order chi connectivity index (χ1) is 9.10. The summed E-state index contributed by atoms with van der Waals surface area (Å²) in [6.45, 7) is 2.20. The van der Waals surface area contributed by atoms with E-state index in [9.17, 15) is 8.42 Å². The Bertz CT molecular complexity index is 582. The van der Waals surface area contributed by atoms with Crippen LogP contribution in [0.5, 0.6) is 0 Å². The van der Waals surface area contributed by atoms with Gasteiger partial charge in [-0.25, -0.2) is 0 Å². The van der Waals surface area contributed by atoms with E-state index in [1.807, 2.05) is 12.1 Å². The van der Waals surface area contributed by atoms with E-state index >= 15 is 0 Å². The number of nitrogen functional groups attached to an aromatic ring is 1. The van der Waals surface area contributed by atoms with Gasteiger partial charge >= 0.3 is 10.2 Å². The Morgan fingerprint density at radius 2 is 1.89 bits per heavy atom. The molecule has 0 atom stereocenters. The van der Waals surface area contributed by atoms with Gasteiger partial charge in [-0.15, -0.1) is 0 Å². The Morgan fingerprint density at radius 1 is 1.16 bits per heavy atom. The second kappa shape index (κ2) is 4.66. The van der Waals surface area contributed by atoms with Crippen LogP contribution in [-0.4, -0.2) is 45.6 Å². The maximum Gasteiger partial charge on any atom is 0.304 e. The summed E-state index contributed by atoms with van der Waals surface area (Å²) < 4.78 is 33.4. The molecule has 19 heavy (non-hydrogen) atoms. The minimum Gasteiger partial charge on any atom is -0.398 e. The summed E-state index contributed by atoms with van der Waals surface area (Å²) in [6, 6.07) is 5.42. The largest absolute Gasteiger partial charge is 0.398 e. The van der Waals surface area contributed by atoms with Crippen LogP contribution in [-0.2, 0) is 21.4 Å². The lowest BCUT2D eigenvalue weighted by Crippen LogP contribution is -2.48. The van der Waals surface area contributed by atoms with Crippen LogP contribution in [0.2, 0.25) is 0 Å². The number of hydrogen-bond acceptors (Lipinski definition) is 4. The molecule has 2 aliphatic heterocycles. The molecule has 2 N–H and O–H groups in total. The molecule has 6 nitrogen and oxygen atoms in total. The highest BCUT2D eigenvalue weighted by molar-refractivity contribution is 7.90. The van der Waals surface area contributed by atoms with E-state index < -0.39 is 10.2 Å². The van der Waals surface area contributed by atoms with Gasteiger partial charge in [0.2, 0.25) is 0 Å². The van der Waals surface area contributed by atoms with Crippen molar-refractivity contribution in [2.75, 3.05) is 42.9 Å². The number of nitrogens with two attached hydrogens (primary N) is 1. The molecule has 0 bridgehead atoms. The van der Waals surface area contributed by atoms with Crippen LogP contribution < -0.4 is 10.0 Å². The SMILES string of the molecule is Nc1cccc2c1CCN2S(=O)(=O)N1CCOCC1. The quantitative estimate of drug-likeness (QED) is 0.787. The molecule has 1 aromatic rings. The molecule has 7 heteroatoms. The van der Waals surface area contributed by atoms with Crippen LogP contribution in [0.15, 0.2) is 18.2 Å². The van der Waals surface area contributed by atoms with Crippen LogP contribution in [0.4, 0.5) is 11.4 Å². The molecule has 0 aliphatic carbocycles. The molecular formula is C12H17N3O3S. The summed E-state index contributed by atoms with van der Waals surface area (Å²) >= 11 is 0. The third-order valence-corrected chi connectivity index (χ3v) is 5.55. The third-order valence-electron chi connectivity index (χ3n) is 3.60. The topological polar surface area (TPSA) is 75.9 Å². The molecular weight excluding hydrogens is 266 g/mol. The van der Waals surface area contributed by atoms with Crippen LogP contribution in [0.25, 0.3) is 0 Å². The van der Waals surface area contributed by atoms with Crippen molar-refractivity contribution in [3.05, 3.63) is 23.8 Å². The fraction of sp³-hybridized carbons (Fsp3) is 0.500. The number of nitrogens with zero attached hydrogens (tertiary/aromatic N) is 2. The van der Waals surface area contributed by atoms with Crippen LogP contribution in [0.3, 0.4) is 0 Å². The lowest BCUT2D eigenvalue weighted by molar-refractivity contribution is 0.0729. The Hall–Kier alpha value is -1.31. The van der Waals surface area contributed by atoms with Gasteiger partial charge in [0.1, 0.15) is 0 Å². The van der Waals surface area contributed by atoms with Gasteiger partial charge in [0.15, 0.2) is 0 Å². The van der Waals surface area contributed by atoms with Gasteiger partial charge in [-0.05, 0) is 18.6 Å². The Labute approximate surface area is 112 Å². The smallest absolute Gasteiger partial charge is 0.304 e. The van der Waals surface area contributed by atoms with Crippen molar-refractivity contribution in [3.63, 3.8) is 0 Å².